The van der Waals surface area contributed by atoms with Crippen LogP contribution < -0.4 is 0 Å². The monoisotopic (exact) mass is 250 g/mol. The number of rotatable bonds is 6. The molecular weight excluding hydrogens is 232 g/mol. The van der Waals surface area contributed by atoms with Gasteiger partial charge in [-0.15, -0.1) is 0 Å². The molecule has 0 spiro atoms. The second-order valence-corrected chi connectivity index (χ2v) is 4.90. The van der Waals surface area contributed by atoms with Gasteiger partial charge in [0.2, 0.25) is 0 Å². The lowest BCUT2D eigenvalue weighted by molar-refractivity contribution is 0.117. The van der Waals surface area contributed by atoms with Crippen LogP contribution in [0, 0.1) is 0 Å². The van der Waals surface area contributed by atoms with E-state index in [1.54, 1.807) is 26.0 Å². The summed E-state index contributed by atoms with van der Waals surface area (Å²) in [6, 6.07) is 0. The average Bonchev–Trinajstić information content (AvgIpc) is 2.26. The van der Waals surface area contributed by atoms with Crippen molar-refractivity contribution in [3.05, 3.63) is 0 Å². The third kappa shape index (κ3) is 4.65. The number of hydrogen-bond acceptors (Lipinski definition) is 5. The first-order chi connectivity index (χ1) is 7.27. The van der Waals surface area contributed by atoms with Crippen LogP contribution in [0.5, 0.6) is 0 Å². The number of methoxy groups -OCH3 is 2. The molecule has 88 valence electrons. The normalized spacial score (nSPS) is 18.5. The van der Waals surface area contributed by atoms with Gasteiger partial charge in [-0.25, -0.2) is 0 Å². The maximum atomic E-state index is 5.28. The molecule has 0 bridgehead atoms. The number of thioether (sulfide) groups is 1. The van der Waals surface area contributed by atoms with Crippen LogP contribution in [-0.2, 0) is 9.47 Å². The summed E-state index contributed by atoms with van der Waals surface area (Å²) in [5, 5.41) is 0. The van der Waals surface area contributed by atoms with Crippen LogP contribution in [0.15, 0.2) is 0 Å². The minimum Gasteiger partial charge on any atom is -0.383 e. The van der Waals surface area contributed by atoms with Crippen molar-refractivity contribution in [2.24, 2.45) is 0 Å². The summed E-state index contributed by atoms with van der Waals surface area (Å²) >= 11 is 6.99. The Hall–Kier alpha value is 0.120. The highest BCUT2D eigenvalue weighted by molar-refractivity contribution is 8.22. The Morgan fingerprint density at radius 3 is 2.60 bits per heavy atom. The summed E-state index contributed by atoms with van der Waals surface area (Å²) in [6.45, 7) is 4.20. The molecule has 0 saturated carbocycles. The molecule has 1 rings (SSSR count). The smallest absolute Gasteiger partial charge is 0.138 e. The predicted octanol–water partition coefficient (Wildman–Crippen LogP) is 0.830. The molecule has 0 N–H and O–H groups in total. The van der Waals surface area contributed by atoms with Gasteiger partial charge in [0.1, 0.15) is 4.32 Å². The van der Waals surface area contributed by atoms with Gasteiger partial charge in [-0.1, -0.05) is 24.0 Å². The fourth-order valence-electron chi connectivity index (χ4n) is 1.30. The van der Waals surface area contributed by atoms with Crippen LogP contribution >= 0.6 is 24.0 Å². The van der Waals surface area contributed by atoms with Crippen molar-refractivity contribution in [1.29, 1.82) is 0 Å². The molecule has 0 aromatic rings. The summed E-state index contributed by atoms with van der Waals surface area (Å²) < 4.78 is 11.1. The zero-order valence-electron chi connectivity index (χ0n) is 9.27. The molecule has 1 heterocycles. The lowest BCUT2D eigenvalue weighted by atomic mass is 10.5. The fourth-order valence-corrected chi connectivity index (χ4v) is 2.44. The highest BCUT2D eigenvalue weighted by Crippen LogP contribution is 2.17. The van der Waals surface area contributed by atoms with Crippen LogP contribution in [0.4, 0.5) is 0 Å². The second kappa shape index (κ2) is 7.40. The van der Waals surface area contributed by atoms with Gasteiger partial charge >= 0.3 is 0 Å². The van der Waals surface area contributed by atoms with Crippen molar-refractivity contribution in [3.8, 4) is 0 Å². The molecule has 1 aliphatic rings. The van der Waals surface area contributed by atoms with Gasteiger partial charge in [0.25, 0.3) is 0 Å². The highest BCUT2D eigenvalue weighted by atomic mass is 32.2. The molecule has 1 saturated heterocycles. The minimum absolute atomic E-state index is 0.721. The molecule has 0 amide bonds. The largest absolute Gasteiger partial charge is 0.383 e. The number of nitrogens with zero attached hydrogens (tertiary/aromatic N) is 2. The van der Waals surface area contributed by atoms with E-state index < -0.39 is 0 Å². The van der Waals surface area contributed by atoms with Crippen molar-refractivity contribution >= 4 is 28.3 Å². The van der Waals surface area contributed by atoms with E-state index in [9.17, 15) is 0 Å². The molecule has 6 heteroatoms. The molecule has 1 aliphatic heterocycles. The van der Waals surface area contributed by atoms with E-state index in [2.05, 4.69) is 9.80 Å². The first kappa shape index (κ1) is 13.2. The minimum atomic E-state index is 0.721. The molecule has 1 fully saturated rings. The molecule has 15 heavy (non-hydrogen) atoms. The van der Waals surface area contributed by atoms with Gasteiger partial charge in [-0.05, 0) is 0 Å². The maximum Gasteiger partial charge on any atom is 0.138 e. The summed E-state index contributed by atoms with van der Waals surface area (Å²) in [5.41, 5.74) is 0. The molecule has 0 radical (unpaired) electrons. The maximum absolute atomic E-state index is 5.28. The number of hydrogen-bond donors (Lipinski definition) is 0. The fraction of sp³-hybridized carbons (Fsp3) is 0.889. The van der Waals surface area contributed by atoms with Gasteiger partial charge in [0.05, 0.1) is 25.8 Å². The standard InChI is InChI=1S/C9H18N2O2S2/c1-12-5-3-10-7-11(4-6-13-2)9(14)15-8-10/h3-8H2,1-2H3. The summed E-state index contributed by atoms with van der Waals surface area (Å²) in [7, 11) is 3.44. The van der Waals surface area contributed by atoms with Crippen LogP contribution in [0.3, 0.4) is 0 Å². The topological polar surface area (TPSA) is 24.9 Å². The summed E-state index contributed by atoms with van der Waals surface area (Å²) in [4.78, 5) is 4.49. The SMILES string of the molecule is COCCN1CSC(=S)N(CCOC)C1. The Kier molecular flexibility index (Phi) is 6.51. The van der Waals surface area contributed by atoms with Crippen LogP contribution in [-0.4, -0.2) is 67.2 Å². The zero-order valence-corrected chi connectivity index (χ0v) is 10.9. The van der Waals surface area contributed by atoms with Gasteiger partial charge in [-0.2, -0.15) is 0 Å². The van der Waals surface area contributed by atoms with Crippen molar-refractivity contribution in [3.63, 3.8) is 0 Å². The first-order valence-corrected chi connectivity index (χ1v) is 6.29. The molecule has 0 aromatic carbocycles. The third-order valence-corrected chi connectivity index (χ3v) is 3.79. The van der Waals surface area contributed by atoms with Crippen LogP contribution in [0.25, 0.3) is 0 Å². The first-order valence-electron chi connectivity index (χ1n) is 4.90. The molecular formula is C9H18N2O2S2. The average molecular weight is 250 g/mol. The molecule has 0 atom stereocenters. The predicted molar refractivity (Wildman–Crippen MR) is 67.1 cm³/mol. The Morgan fingerprint density at radius 1 is 1.27 bits per heavy atom. The van der Waals surface area contributed by atoms with Gasteiger partial charge in [0.15, 0.2) is 0 Å². The summed E-state index contributed by atoms with van der Waals surface area (Å²) in [6.07, 6.45) is 0. The van der Waals surface area contributed by atoms with E-state index in [4.69, 9.17) is 21.7 Å². The van der Waals surface area contributed by atoms with Crippen molar-refractivity contribution in [1.82, 2.24) is 9.80 Å². The lowest BCUT2D eigenvalue weighted by Gasteiger charge is -2.36. The summed E-state index contributed by atoms with van der Waals surface area (Å²) in [5.74, 6) is 0.964. The molecule has 4 nitrogen and oxygen atoms in total. The third-order valence-electron chi connectivity index (χ3n) is 2.18. The Labute approximate surface area is 101 Å². The van der Waals surface area contributed by atoms with E-state index >= 15 is 0 Å². The van der Waals surface area contributed by atoms with Crippen molar-refractivity contribution in [2.75, 3.05) is 53.1 Å². The Bertz CT molecular complexity index is 205. The molecule has 0 aromatic heterocycles. The second-order valence-electron chi connectivity index (χ2n) is 3.32. The van der Waals surface area contributed by atoms with Crippen molar-refractivity contribution < 1.29 is 9.47 Å². The van der Waals surface area contributed by atoms with E-state index in [1.165, 1.54) is 0 Å². The van der Waals surface area contributed by atoms with Crippen LogP contribution in [0.1, 0.15) is 0 Å². The molecule has 0 aliphatic carbocycles. The van der Waals surface area contributed by atoms with Gasteiger partial charge < -0.3 is 14.4 Å². The Morgan fingerprint density at radius 2 is 1.93 bits per heavy atom. The van der Waals surface area contributed by atoms with E-state index in [0.29, 0.717) is 0 Å². The number of thiocarbonyl (C=S) groups is 1. The molecule has 0 unspecified atom stereocenters. The Balaban J connectivity index is 2.31. The quantitative estimate of drug-likeness (QED) is 0.648. The van der Waals surface area contributed by atoms with E-state index in [0.717, 1.165) is 43.2 Å². The van der Waals surface area contributed by atoms with Gasteiger partial charge in [0, 0.05) is 27.3 Å². The van der Waals surface area contributed by atoms with Gasteiger partial charge in [-0.3, -0.25) is 4.90 Å². The van der Waals surface area contributed by atoms with Crippen LogP contribution in [0.2, 0.25) is 0 Å². The van der Waals surface area contributed by atoms with Crippen molar-refractivity contribution in [2.45, 2.75) is 0 Å². The number of ether oxygens (including phenoxy) is 2. The van der Waals surface area contributed by atoms with E-state index in [-0.39, 0.29) is 0 Å². The lowest BCUT2D eigenvalue weighted by Crippen LogP contribution is -2.46. The highest BCUT2D eigenvalue weighted by Gasteiger charge is 2.20. The zero-order chi connectivity index (χ0) is 11.1. The van der Waals surface area contributed by atoms with E-state index in [1.807, 2.05) is 0 Å².